The predicted molar refractivity (Wildman–Crippen MR) is 43.1 cm³/mol. The summed E-state index contributed by atoms with van der Waals surface area (Å²) in [6.07, 6.45) is 3.79. The van der Waals surface area contributed by atoms with E-state index in [1.807, 2.05) is 0 Å². The molecule has 1 rings (SSSR count). The molecule has 0 amide bonds. The average molecular weight is 204 g/mol. The van der Waals surface area contributed by atoms with E-state index < -0.39 is 0 Å². The number of aryl methyl sites for hydroxylation is 1. The molecular formula is C7H10BrNO. The van der Waals surface area contributed by atoms with E-state index in [0.29, 0.717) is 0 Å². The van der Waals surface area contributed by atoms with Gasteiger partial charge in [-0.25, -0.2) is 4.98 Å². The maximum atomic E-state index is 5.32. The Bertz CT molecular complexity index is 197. The van der Waals surface area contributed by atoms with Crippen molar-refractivity contribution in [2.45, 2.75) is 25.1 Å². The van der Waals surface area contributed by atoms with Crippen molar-refractivity contribution in [2.75, 3.05) is 0 Å². The first-order valence-electron chi connectivity index (χ1n) is 3.36. The maximum absolute atomic E-state index is 5.32. The SMILES string of the molecule is CCCc1ncc(CBr)o1. The molecule has 0 saturated carbocycles. The van der Waals surface area contributed by atoms with Crippen LogP contribution in [0.15, 0.2) is 10.6 Å². The quantitative estimate of drug-likeness (QED) is 0.707. The van der Waals surface area contributed by atoms with E-state index >= 15 is 0 Å². The lowest BCUT2D eigenvalue weighted by Gasteiger charge is -1.87. The molecule has 0 N–H and O–H groups in total. The van der Waals surface area contributed by atoms with Crippen molar-refractivity contribution in [3.63, 3.8) is 0 Å². The van der Waals surface area contributed by atoms with Crippen LogP contribution in [0.4, 0.5) is 0 Å². The molecule has 1 heterocycles. The van der Waals surface area contributed by atoms with E-state index in [0.717, 1.165) is 29.8 Å². The number of oxazole rings is 1. The lowest BCUT2D eigenvalue weighted by atomic mass is 10.3. The van der Waals surface area contributed by atoms with Crippen LogP contribution in [-0.4, -0.2) is 4.98 Å². The van der Waals surface area contributed by atoms with E-state index in [4.69, 9.17) is 4.42 Å². The Morgan fingerprint density at radius 3 is 3.00 bits per heavy atom. The Morgan fingerprint density at radius 1 is 1.70 bits per heavy atom. The molecule has 2 nitrogen and oxygen atoms in total. The number of nitrogens with zero attached hydrogens (tertiary/aromatic N) is 1. The summed E-state index contributed by atoms with van der Waals surface area (Å²) in [4.78, 5) is 4.08. The minimum atomic E-state index is 0.754. The van der Waals surface area contributed by atoms with Crippen molar-refractivity contribution in [1.82, 2.24) is 4.98 Å². The number of hydrogen-bond donors (Lipinski definition) is 0. The minimum absolute atomic E-state index is 0.754. The number of hydrogen-bond acceptors (Lipinski definition) is 2. The summed E-state index contributed by atoms with van der Waals surface area (Å²) in [5.74, 6) is 1.75. The van der Waals surface area contributed by atoms with Gasteiger partial charge in [0.15, 0.2) is 5.89 Å². The molecule has 0 bridgehead atoms. The largest absolute Gasteiger partial charge is 0.445 e. The molecule has 56 valence electrons. The fourth-order valence-electron chi connectivity index (χ4n) is 0.739. The molecule has 0 aromatic carbocycles. The Balaban J connectivity index is 2.59. The van der Waals surface area contributed by atoms with Crippen LogP contribution in [0.25, 0.3) is 0 Å². The number of halogens is 1. The Kier molecular flexibility index (Phi) is 2.93. The summed E-state index contributed by atoms with van der Waals surface area (Å²) >= 11 is 3.29. The fraction of sp³-hybridized carbons (Fsp3) is 0.571. The first-order chi connectivity index (χ1) is 4.86. The van der Waals surface area contributed by atoms with Crippen molar-refractivity contribution < 1.29 is 4.42 Å². The number of aromatic nitrogens is 1. The molecular weight excluding hydrogens is 194 g/mol. The van der Waals surface area contributed by atoms with Gasteiger partial charge in [0.2, 0.25) is 0 Å². The summed E-state index contributed by atoms with van der Waals surface area (Å²) in [5.41, 5.74) is 0. The Morgan fingerprint density at radius 2 is 2.50 bits per heavy atom. The molecule has 10 heavy (non-hydrogen) atoms. The molecule has 0 fully saturated rings. The van der Waals surface area contributed by atoms with Crippen LogP contribution in [-0.2, 0) is 11.8 Å². The zero-order valence-electron chi connectivity index (χ0n) is 5.93. The van der Waals surface area contributed by atoms with Crippen molar-refractivity contribution in [3.05, 3.63) is 17.8 Å². The molecule has 0 saturated heterocycles. The van der Waals surface area contributed by atoms with Crippen molar-refractivity contribution in [1.29, 1.82) is 0 Å². The van der Waals surface area contributed by atoms with Gasteiger partial charge in [-0.1, -0.05) is 22.9 Å². The lowest BCUT2D eigenvalue weighted by Crippen LogP contribution is -1.79. The van der Waals surface area contributed by atoms with Crippen molar-refractivity contribution >= 4 is 15.9 Å². The second kappa shape index (κ2) is 3.76. The van der Waals surface area contributed by atoms with Crippen LogP contribution in [0, 0.1) is 0 Å². The zero-order chi connectivity index (χ0) is 7.40. The third-order valence-electron chi connectivity index (χ3n) is 1.20. The molecule has 3 heteroatoms. The molecule has 0 aliphatic rings. The highest BCUT2D eigenvalue weighted by Crippen LogP contribution is 2.08. The highest BCUT2D eigenvalue weighted by atomic mass is 79.9. The first-order valence-corrected chi connectivity index (χ1v) is 4.48. The predicted octanol–water partition coefficient (Wildman–Crippen LogP) is 2.52. The lowest BCUT2D eigenvalue weighted by molar-refractivity contribution is 0.466. The third kappa shape index (κ3) is 1.84. The molecule has 0 spiro atoms. The van der Waals surface area contributed by atoms with E-state index in [2.05, 4.69) is 27.8 Å². The molecule has 0 unspecified atom stereocenters. The Labute approximate surface area is 68.8 Å². The van der Waals surface area contributed by atoms with Gasteiger partial charge < -0.3 is 4.42 Å². The van der Waals surface area contributed by atoms with Gasteiger partial charge >= 0.3 is 0 Å². The van der Waals surface area contributed by atoms with Crippen LogP contribution in [0.1, 0.15) is 25.0 Å². The maximum Gasteiger partial charge on any atom is 0.194 e. The Hall–Kier alpha value is -0.310. The number of rotatable bonds is 3. The summed E-state index contributed by atoms with van der Waals surface area (Å²) in [6.45, 7) is 2.11. The highest BCUT2D eigenvalue weighted by Gasteiger charge is 1.99. The summed E-state index contributed by atoms with van der Waals surface area (Å²) in [7, 11) is 0. The van der Waals surface area contributed by atoms with Crippen LogP contribution in [0.3, 0.4) is 0 Å². The van der Waals surface area contributed by atoms with Crippen LogP contribution in [0.5, 0.6) is 0 Å². The van der Waals surface area contributed by atoms with Crippen LogP contribution in [0.2, 0.25) is 0 Å². The average Bonchev–Trinajstić information content (AvgIpc) is 2.37. The van der Waals surface area contributed by atoms with Gasteiger partial charge in [0.1, 0.15) is 5.76 Å². The summed E-state index contributed by atoms with van der Waals surface area (Å²) in [5, 5.41) is 0.754. The van der Waals surface area contributed by atoms with Gasteiger partial charge in [0.25, 0.3) is 0 Å². The topological polar surface area (TPSA) is 26.0 Å². The van der Waals surface area contributed by atoms with Gasteiger partial charge in [-0.15, -0.1) is 0 Å². The molecule has 1 aromatic rings. The van der Waals surface area contributed by atoms with Crippen LogP contribution >= 0.6 is 15.9 Å². The zero-order valence-corrected chi connectivity index (χ0v) is 7.52. The third-order valence-corrected chi connectivity index (χ3v) is 1.75. The van der Waals surface area contributed by atoms with Crippen molar-refractivity contribution in [3.8, 4) is 0 Å². The first kappa shape index (κ1) is 7.79. The van der Waals surface area contributed by atoms with Crippen molar-refractivity contribution in [2.24, 2.45) is 0 Å². The summed E-state index contributed by atoms with van der Waals surface area (Å²) in [6, 6.07) is 0. The van der Waals surface area contributed by atoms with Gasteiger partial charge in [0.05, 0.1) is 11.5 Å². The number of alkyl halides is 1. The van der Waals surface area contributed by atoms with E-state index in [-0.39, 0.29) is 0 Å². The second-order valence-corrected chi connectivity index (χ2v) is 2.66. The fourth-order valence-corrected chi connectivity index (χ4v) is 0.998. The molecule has 0 radical (unpaired) electrons. The highest BCUT2D eigenvalue weighted by molar-refractivity contribution is 9.08. The molecule has 0 aliphatic heterocycles. The van der Waals surface area contributed by atoms with E-state index in [1.165, 1.54) is 0 Å². The van der Waals surface area contributed by atoms with Gasteiger partial charge in [-0.3, -0.25) is 0 Å². The molecule has 0 atom stereocenters. The van der Waals surface area contributed by atoms with Gasteiger partial charge in [0, 0.05) is 6.42 Å². The standard InChI is InChI=1S/C7H10BrNO/c1-2-3-7-9-5-6(4-8)10-7/h5H,2-4H2,1H3. The normalized spacial score (nSPS) is 10.2. The molecule has 1 aromatic heterocycles. The second-order valence-electron chi connectivity index (χ2n) is 2.10. The summed E-state index contributed by atoms with van der Waals surface area (Å²) < 4.78 is 5.32. The van der Waals surface area contributed by atoms with E-state index in [9.17, 15) is 0 Å². The van der Waals surface area contributed by atoms with Crippen LogP contribution < -0.4 is 0 Å². The molecule has 0 aliphatic carbocycles. The smallest absolute Gasteiger partial charge is 0.194 e. The minimum Gasteiger partial charge on any atom is -0.445 e. The van der Waals surface area contributed by atoms with Gasteiger partial charge in [-0.2, -0.15) is 0 Å². The van der Waals surface area contributed by atoms with Gasteiger partial charge in [-0.05, 0) is 6.42 Å². The van der Waals surface area contributed by atoms with E-state index in [1.54, 1.807) is 6.20 Å². The monoisotopic (exact) mass is 203 g/mol.